The summed E-state index contributed by atoms with van der Waals surface area (Å²) in [5, 5.41) is 0. The van der Waals surface area contributed by atoms with Gasteiger partial charge in [-0.15, -0.1) is 0 Å². The summed E-state index contributed by atoms with van der Waals surface area (Å²) in [7, 11) is 0. The normalized spacial score (nSPS) is 18.7. The fraction of sp³-hybridized carbons (Fsp3) is 0.500. The number of amides is 1. The lowest BCUT2D eigenvalue weighted by Crippen LogP contribution is -2.37. The second-order valence-electron chi connectivity index (χ2n) is 6.51. The van der Waals surface area contributed by atoms with Gasteiger partial charge in [0, 0.05) is 49.9 Å². The maximum atomic E-state index is 12.7. The Balaban J connectivity index is 1.53. The van der Waals surface area contributed by atoms with Gasteiger partial charge in [0.05, 0.1) is 11.9 Å². The third-order valence-electron chi connectivity index (χ3n) is 5.11. The molecule has 0 bridgehead atoms. The molecule has 0 radical (unpaired) electrons. The van der Waals surface area contributed by atoms with Gasteiger partial charge in [-0.2, -0.15) is 0 Å². The van der Waals surface area contributed by atoms with Gasteiger partial charge in [0.15, 0.2) is 0 Å². The van der Waals surface area contributed by atoms with Crippen LogP contribution in [-0.4, -0.2) is 38.4 Å². The number of carbonyl (C=O) groups excluding carboxylic acids is 1. The molecule has 1 aliphatic carbocycles. The van der Waals surface area contributed by atoms with Crippen LogP contribution < -0.4 is 0 Å². The zero-order valence-electron chi connectivity index (χ0n) is 13.3. The number of rotatable bonds is 2. The third kappa shape index (κ3) is 2.76. The summed E-state index contributed by atoms with van der Waals surface area (Å²) in [6, 6.07) is 4.01. The average molecular weight is 310 g/mol. The van der Waals surface area contributed by atoms with Crippen LogP contribution >= 0.6 is 0 Å². The van der Waals surface area contributed by atoms with Gasteiger partial charge in [0.1, 0.15) is 5.82 Å². The Labute approximate surface area is 136 Å². The minimum atomic E-state index is 0.262. The summed E-state index contributed by atoms with van der Waals surface area (Å²) in [5.74, 6) is 1.69. The van der Waals surface area contributed by atoms with E-state index in [4.69, 9.17) is 0 Å². The Morgan fingerprint density at radius 1 is 1.13 bits per heavy atom. The van der Waals surface area contributed by atoms with Gasteiger partial charge in [0.25, 0.3) is 0 Å². The Hall–Kier alpha value is -2.17. The molecule has 0 N–H and O–H groups in total. The molecule has 1 amide bonds. The topological polar surface area (TPSA) is 51.0 Å². The molecule has 5 heteroatoms. The summed E-state index contributed by atoms with van der Waals surface area (Å²) < 4.78 is 2.25. The number of aromatic nitrogens is 3. The van der Waals surface area contributed by atoms with Crippen LogP contribution in [0.15, 0.2) is 30.7 Å². The molecule has 2 aromatic heterocycles. The number of hydrogen-bond donors (Lipinski definition) is 0. The summed E-state index contributed by atoms with van der Waals surface area (Å²) in [6.45, 7) is 2.39. The zero-order chi connectivity index (χ0) is 15.6. The zero-order valence-corrected chi connectivity index (χ0v) is 13.3. The van der Waals surface area contributed by atoms with Crippen molar-refractivity contribution in [3.63, 3.8) is 0 Å². The molecular weight excluding hydrogens is 288 g/mol. The first-order valence-electron chi connectivity index (χ1n) is 8.56. The first kappa shape index (κ1) is 14.4. The van der Waals surface area contributed by atoms with Crippen molar-refractivity contribution in [3.8, 4) is 11.3 Å². The Bertz CT molecular complexity index is 688. The van der Waals surface area contributed by atoms with Crippen LogP contribution in [0.5, 0.6) is 0 Å². The minimum Gasteiger partial charge on any atom is -0.340 e. The van der Waals surface area contributed by atoms with E-state index < -0.39 is 0 Å². The maximum Gasteiger partial charge on any atom is 0.225 e. The van der Waals surface area contributed by atoms with Crippen LogP contribution in [0.1, 0.15) is 31.5 Å². The first-order valence-corrected chi connectivity index (χ1v) is 8.56. The summed E-state index contributed by atoms with van der Waals surface area (Å²) >= 11 is 0. The molecule has 4 rings (SSSR count). The van der Waals surface area contributed by atoms with E-state index in [2.05, 4.69) is 25.5 Å². The van der Waals surface area contributed by atoms with E-state index in [0.29, 0.717) is 5.91 Å². The van der Waals surface area contributed by atoms with Gasteiger partial charge < -0.3 is 9.47 Å². The van der Waals surface area contributed by atoms with Crippen LogP contribution in [0.25, 0.3) is 11.3 Å². The largest absolute Gasteiger partial charge is 0.340 e. The Kier molecular flexibility index (Phi) is 3.85. The molecule has 23 heavy (non-hydrogen) atoms. The SMILES string of the molecule is O=C(C1CCCC1)N1CCc2ncc(-c3cccnc3)n2CC1. The number of hydrogen-bond acceptors (Lipinski definition) is 3. The average Bonchev–Trinajstić information content (AvgIpc) is 3.21. The second-order valence-corrected chi connectivity index (χ2v) is 6.51. The lowest BCUT2D eigenvalue weighted by molar-refractivity contribution is -0.135. The second kappa shape index (κ2) is 6.14. The Morgan fingerprint density at radius 3 is 2.78 bits per heavy atom. The van der Waals surface area contributed by atoms with Crippen molar-refractivity contribution in [2.24, 2.45) is 5.92 Å². The van der Waals surface area contributed by atoms with E-state index in [0.717, 1.165) is 56.0 Å². The van der Waals surface area contributed by atoms with E-state index in [1.54, 1.807) is 6.20 Å². The van der Waals surface area contributed by atoms with Crippen molar-refractivity contribution >= 4 is 5.91 Å². The molecule has 0 unspecified atom stereocenters. The summed E-state index contributed by atoms with van der Waals surface area (Å²) in [4.78, 5) is 23.5. The molecule has 1 fully saturated rings. The highest BCUT2D eigenvalue weighted by atomic mass is 16.2. The van der Waals surface area contributed by atoms with Crippen molar-refractivity contribution in [2.45, 2.75) is 38.6 Å². The molecule has 3 heterocycles. The lowest BCUT2D eigenvalue weighted by atomic mass is 10.1. The maximum absolute atomic E-state index is 12.7. The molecule has 0 saturated heterocycles. The lowest BCUT2D eigenvalue weighted by Gasteiger charge is -2.23. The van der Waals surface area contributed by atoms with E-state index in [1.807, 2.05) is 18.5 Å². The van der Waals surface area contributed by atoms with Gasteiger partial charge in [0.2, 0.25) is 5.91 Å². The molecule has 5 nitrogen and oxygen atoms in total. The van der Waals surface area contributed by atoms with E-state index >= 15 is 0 Å². The standard InChI is InChI=1S/C18H22N4O/c23-18(14-4-1-2-5-14)21-9-7-17-20-13-16(22(17)11-10-21)15-6-3-8-19-12-15/h3,6,8,12-14H,1-2,4-5,7,9-11H2. The fourth-order valence-corrected chi connectivity index (χ4v) is 3.83. The predicted molar refractivity (Wildman–Crippen MR) is 87.7 cm³/mol. The number of pyridine rings is 1. The van der Waals surface area contributed by atoms with Crippen molar-refractivity contribution in [1.82, 2.24) is 19.4 Å². The van der Waals surface area contributed by atoms with Crippen molar-refractivity contribution in [3.05, 3.63) is 36.5 Å². The molecule has 0 spiro atoms. The molecule has 1 aliphatic heterocycles. The first-order chi connectivity index (χ1) is 11.3. The van der Waals surface area contributed by atoms with Crippen LogP contribution in [0.4, 0.5) is 0 Å². The molecule has 0 aromatic carbocycles. The minimum absolute atomic E-state index is 0.262. The van der Waals surface area contributed by atoms with Crippen LogP contribution in [0.2, 0.25) is 0 Å². The van der Waals surface area contributed by atoms with Crippen LogP contribution in [0.3, 0.4) is 0 Å². The predicted octanol–water partition coefficient (Wildman–Crippen LogP) is 2.52. The number of fused-ring (bicyclic) bond motifs is 1. The highest BCUT2D eigenvalue weighted by Crippen LogP contribution is 2.28. The van der Waals surface area contributed by atoms with E-state index in [1.165, 1.54) is 12.8 Å². The van der Waals surface area contributed by atoms with Crippen molar-refractivity contribution in [2.75, 3.05) is 13.1 Å². The third-order valence-corrected chi connectivity index (χ3v) is 5.11. The highest BCUT2D eigenvalue weighted by Gasteiger charge is 2.28. The molecule has 120 valence electrons. The van der Waals surface area contributed by atoms with Gasteiger partial charge in [-0.25, -0.2) is 4.98 Å². The van der Waals surface area contributed by atoms with Crippen LogP contribution in [-0.2, 0) is 17.8 Å². The molecule has 2 aliphatic rings. The fourth-order valence-electron chi connectivity index (χ4n) is 3.83. The van der Waals surface area contributed by atoms with Gasteiger partial charge in [-0.3, -0.25) is 9.78 Å². The Morgan fingerprint density at radius 2 is 2.00 bits per heavy atom. The highest BCUT2D eigenvalue weighted by molar-refractivity contribution is 5.79. The molecule has 1 saturated carbocycles. The summed E-state index contributed by atoms with van der Waals surface area (Å²) in [6.07, 6.45) is 11.0. The van der Waals surface area contributed by atoms with Crippen LogP contribution in [0, 0.1) is 5.92 Å². The van der Waals surface area contributed by atoms with E-state index in [9.17, 15) is 4.79 Å². The van der Waals surface area contributed by atoms with Gasteiger partial charge in [-0.1, -0.05) is 12.8 Å². The quantitative estimate of drug-likeness (QED) is 0.856. The van der Waals surface area contributed by atoms with E-state index in [-0.39, 0.29) is 5.92 Å². The van der Waals surface area contributed by atoms with Crippen molar-refractivity contribution in [1.29, 1.82) is 0 Å². The number of carbonyl (C=O) groups is 1. The monoisotopic (exact) mass is 310 g/mol. The van der Waals surface area contributed by atoms with Crippen molar-refractivity contribution < 1.29 is 4.79 Å². The smallest absolute Gasteiger partial charge is 0.225 e. The number of nitrogens with zero attached hydrogens (tertiary/aromatic N) is 4. The van der Waals surface area contributed by atoms with Gasteiger partial charge >= 0.3 is 0 Å². The molecule has 0 atom stereocenters. The molecular formula is C18H22N4O. The summed E-state index contributed by atoms with van der Waals surface area (Å²) in [5.41, 5.74) is 2.19. The molecule has 2 aromatic rings. The van der Waals surface area contributed by atoms with Gasteiger partial charge in [-0.05, 0) is 25.0 Å². The number of imidazole rings is 1.